The van der Waals surface area contributed by atoms with E-state index in [2.05, 4.69) is 15.2 Å². The normalized spacial score (nSPS) is 21.2. The number of pyridine rings is 1. The first-order chi connectivity index (χ1) is 9.24. The van der Waals surface area contributed by atoms with Crippen LogP contribution in [0.25, 0.3) is 0 Å². The van der Waals surface area contributed by atoms with Crippen LogP contribution in [0.15, 0.2) is 18.3 Å². The lowest BCUT2D eigenvalue weighted by molar-refractivity contribution is 0.0497. The molecule has 3 rings (SSSR count). The first-order valence-electron chi connectivity index (χ1n) is 6.59. The molecule has 0 saturated carbocycles. The molecule has 0 spiro atoms. The number of carbonyl (C=O) groups is 1. The van der Waals surface area contributed by atoms with Crippen molar-refractivity contribution >= 4 is 17.5 Å². The number of piperazine rings is 1. The third kappa shape index (κ3) is 2.73. The molecule has 0 aromatic carbocycles. The number of halogens is 1. The number of nitrogens with zero attached hydrogens (tertiary/aromatic N) is 3. The van der Waals surface area contributed by atoms with Crippen molar-refractivity contribution in [2.24, 2.45) is 0 Å². The zero-order chi connectivity index (χ0) is 13.2. The van der Waals surface area contributed by atoms with E-state index in [9.17, 15) is 4.79 Å². The minimum atomic E-state index is 0.00283. The van der Waals surface area contributed by atoms with Crippen LogP contribution in [0.5, 0.6) is 0 Å². The van der Waals surface area contributed by atoms with E-state index in [4.69, 9.17) is 11.6 Å². The fourth-order valence-electron chi connectivity index (χ4n) is 2.49. The van der Waals surface area contributed by atoms with E-state index in [0.717, 1.165) is 39.3 Å². The third-order valence-corrected chi connectivity index (χ3v) is 4.05. The molecule has 1 amide bonds. The van der Waals surface area contributed by atoms with Crippen LogP contribution in [0.2, 0.25) is 5.02 Å². The lowest BCUT2D eigenvalue weighted by atomic mass is 10.1. The van der Waals surface area contributed by atoms with E-state index in [1.807, 2.05) is 4.90 Å². The molecule has 0 bridgehead atoms. The van der Waals surface area contributed by atoms with Gasteiger partial charge in [0.05, 0.1) is 5.02 Å². The van der Waals surface area contributed by atoms with E-state index in [-0.39, 0.29) is 5.91 Å². The van der Waals surface area contributed by atoms with Gasteiger partial charge < -0.3 is 10.2 Å². The van der Waals surface area contributed by atoms with E-state index in [1.54, 1.807) is 12.1 Å². The quantitative estimate of drug-likeness (QED) is 0.855. The summed E-state index contributed by atoms with van der Waals surface area (Å²) in [6.07, 6.45) is 1.52. The maximum absolute atomic E-state index is 12.3. The van der Waals surface area contributed by atoms with Gasteiger partial charge in [-0.3, -0.25) is 9.69 Å². The van der Waals surface area contributed by atoms with Crippen molar-refractivity contribution in [3.8, 4) is 0 Å². The molecule has 0 radical (unpaired) electrons. The molecule has 2 aliphatic heterocycles. The van der Waals surface area contributed by atoms with Crippen LogP contribution in [0.4, 0.5) is 0 Å². The van der Waals surface area contributed by atoms with Gasteiger partial charge in [-0.05, 0) is 12.1 Å². The van der Waals surface area contributed by atoms with Gasteiger partial charge in [0.2, 0.25) is 0 Å². The average Bonchev–Trinajstić information content (AvgIpc) is 2.38. The van der Waals surface area contributed by atoms with Gasteiger partial charge in [-0.2, -0.15) is 0 Å². The standard InChI is InChI=1S/C13H17ClN4O/c14-10-1-2-12(16-7-10)13(19)18-5-3-17(4-6-18)11-8-15-9-11/h1-2,7,11,15H,3-6,8-9H2. The number of hydrogen-bond donors (Lipinski definition) is 1. The molecule has 1 aromatic heterocycles. The molecule has 102 valence electrons. The number of amides is 1. The zero-order valence-corrected chi connectivity index (χ0v) is 11.4. The number of rotatable bonds is 2. The molecular weight excluding hydrogens is 264 g/mol. The second-order valence-corrected chi connectivity index (χ2v) is 5.44. The topological polar surface area (TPSA) is 48.5 Å². The highest BCUT2D eigenvalue weighted by Crippen LogP contribution is 2.13. The average molecular weight is 281 g/mol. The number of hydrogen-bond acceptors (Lipinski definition) is 4. The van der Waals surface area contributed by atoms with Crippen LogP contribution in [0.1, 0.15) is 10.5 Å². The zero-order valence-electron chi connectivity index (χ0n) is 10.7. The second-order valence-electron chi connectivity index (χ2n) is 5.00. The van der Waals surface area contributed by atoms with E-state index in [0.29, 0.717) is 16.8 Å². The molecule has 0 unspecified atom stereocenters. The summed E-state index contributed by atoms with van der Waals surface area (Å²) in [5.41, 5.74) is 0.475. The SMILES string of the molecule is O=C(c1ccc(Cl)cn1)N1CCN(C2CNC2)CC1. The van der Waals surface area contributed by atoms with Crippen LogP contribution in [-0.4, -0.2) is 66.0 Å². The molecule has 2 saturated heterocycles. The highest BCUT2D eigenvalue weighted by Gasteiger charge is 2.29. The summed E-state index contributed by atoms with van der Waals surface area (Å²) in [6, 6.07) is 4.05. The first-order valence-corrected chi connectivity index (χ1v) is 6.97. The molecule has 3 heterocycles. The lowest BCUT2D eigenvalue weighted by Crippen LogP contribution is -2.62. The minimum absolute atomic E-state index is 0.00283. The largest absolute Gasteiger partial charge is 0.335 e. The summed E-state index contributed by atoms with van der Waals surface area (Å²) in [5, 5.41) is 3.83. The maximum atomic E-state index is 12.3. The Hall–Kier alpha value is -1.17. The van der Waals surface area contributed by atoms with Gasteiger partial charge in [-0.1, -0.05) is 11.6 Å². The third-order valence-electron chi connectivity index (χ3n) is 3.82. The minimum Gasteiger partial charge on any atom is -0.335 e. The van der Waals surface area contributed by atoms with Crippen LogP contribution in [0, 0.1) is 0 Å². The van der Waals surface area contributed by atoms with Gasteiger partial charge in [0, 0.05) is 51.5 Å². The van der Waals surface area contributed by atoms with Gasteiger partial charge >= 0.3 is 0 Å². The molecule has 1 N–H and O–H groups in total. The second kappa shape index (κ2) is 5.45. The van der Waals surface area contributed by atoms with Crippen molar-refractivity contribution in [1.82, 2.24) is 20.1 Å². The van der Waals surface area contributed by atoms with Crippen molar-refractivity contribution in [2.75, 3.05) is 39.3 Å². The monoisotopic (exact) mass is 280 g/mol. The van der Waals surface area contributed by atoms with E-state index in [1.165, 1.54) is 6.20 Å². The fraction of sp³-hybridized carbons (Fsp3) is 0.538. The molecular formula is C13H17ClN4O. The van der Waals surface area contributed by atoms with Crippen LogP contribution in [0.3, 0.4) is 0 Å². The summed E-state index contributed by atoms with van der Waals surface area (Å²) in [4.78, 5) is 20.7. The summed E-state index contributed by atoms with van der Waals surface area (Å²) < 4.78 is 0. The predicted molar refractivity (Wildman–Crippen MR) is 73.4 cm³/mol. The van der Waals surface area contributed by atoms with Crippen molar-refractivity contribution in [3.05, 3.63) is 29.0 Å². The van der Waals surface area contributed by atoms with Gasteiger partial charge in [-0.15, -0.1) is 0 Å². The molecule has 1 aromatic rings. The molecule has 2 aliphatic rings. The Balaban J connectivity index is 1.58. The lowest BCUT2D eigenvalue weighted by Gasteiger charge is -2.43. The van der Waals surface area contributed by atoms with E-state index >= 15 is 0 Å². The summed E-state index contributed by atoms with van der Waals surface area (Å²) in [6.45, 7) is 5.61. The molecule has 2 fully saturated rings. The Morgan fingerprint density at radius 1 is 1.26 bits per heavy atom. The Morgan fingerprint density at radius 3 is 2.53 bits per heavy atom. The van der Waals surface area contributed by atoms with E-state index < -0.39 is 0 Å². The molecule has 19 heavy (non-hydrogen) atoms. The predicted octanol–water partition coefficient (Wildman–Crippen LogP) is 0.465. The number of carbonyl (C=O) groups excluding carboxylic acids is 1. The number of nitrogens with one attached hydrogen (secondary N) is 1. The van der Waals surface area contributed by atoms with Gasteiger partial charge in [0.15, 0.2) is 0 Å². The highest BCUT2D eigenvalue weighted by atomic mass is 35.5. The Bertz CT molecular complexity index is 452. The van der Waals surface area contributed by atoms with Gasteiger partial charge in [0.1, 0.15) is 5.69 Å². The molecule has 5 nitrogen and oxygen atoms in total. The summed E-state index contributed by atoms with van der Waals surface area (Å²) in [5.74, 6) is 0.00283. The van der Waals surface area contributed by atoms with Crippen molar-refractivity contribution in [3.63, 3.8) is 0 Å². The first kappa shape index (κ1) is 12.8. The maximum Gasteiger partial charge on any atom is 0.272 e. The van der Waals surface area contributed by atoms with Crippen LogP contribution < -0.4 is 5.32 Å². The molecule has 0 atom stereocenters. The smallest absolute Gasteiger partial charge is 0.272 e. The van der Waals surface area contributed by atoms with Crippen molar-refractivity contribution in [2.45, 2.75) is 6.04 Å². The Morgan fingerprint density at radius 2 is 2.00 bits per heavy atom. The molecule has 0 aliphatic carbocycles. The van der Waals surface area contributed by atoms with Crippen LogP contribution >= 0.6 is 11.6 Å². The fourth-order valence-corrected chi connectivity index (χ4v) is 2.60. The van der Waals surface area contributed by atoms with Gasteiger partial charge in [-0.25, -0.2) is 4.98 Å². The Kier molecular flexibility index (Phi) is 3.68. The van der Waals surface area contributed by atoms with Crippen molar-refractivity contribution in [1.29, 1.82) is 0 Å². The Labute approximate surface area is 117 Å². The summed E-state index contributed by atoms with van der Waals surface area (Å²) in [7, 11) is 0. The number of aromatic nitrogens is 1. The van der Waals surface area contributed by atoms with Gasteiger partial charge in [0.25, 0.3) is 5.91 Å². The summed E-state index contributed by atoms with van der Waals surface area (Å²) >= 11 is 5.78. The molecule has 6 heteroatoms. The van der Waals surface area contributed by atoms with Crippen LogP contribution in [-0.2, 0) is 0 Å². The van der Waals surface area contributed by atoms with Crippen molar-refractivity contribution < 1.29 is 4.79 Å². The highest BCUT2D eigenvalue weighted by molar-refractivity contribution is 6.30.